The van der Waals surface area contributed by atoms with E-state index in [1.54, 1.807) is 43.1 Å². The Hall–Kier alpha value is -3.76. The number of nitrogens with zero attached hydrogens (tertiary/aromatic N) is 3. The van der Waals surface area contributed by atoms with Crippen molar-refractivity contribution in [3.05, 3.63) is 75.5 Å². The second-order valence-corrected chi connectivity index (χ2v) is 8.88. The van der Waals surface area contributed by atoms with Crippen molar-refractivity contribution in [3.63, 3.8) is 0 Å². The number of likely N-dealkylation sites (N-methyl/N-ethyl adjacent to an activating group) is 1. The fourth-order valence-corrected chi connectivity index (χ4v) is 4.78. The lowest BCUT2D eigenvalue weighted by Gasteiger charge is -2.14. The van der Waals surface area contributed by atoms with Crippen LogP contribution in [0.25, 0.3) is 22.0 Å². The monoisotopic (exact) mass is 478 g/mol. The van der Waals surface area contributed by atoms with Gasteiger partial charge in [0, 0.05) is 26.8 Å². The van der Waals surface area contributed by atoms with E-state index in [1.165, 1.54) is 22.7 Å². The number of anilines is 1. The number of hydrogen-bond donors (Lipinski definition) is 3. The molecule has 168 valence electrons. The molecular formula is C23H22N6O2S2. The summed E-state index contributed by atoms with van der Waals surface area (Å²) >= 11 is 2.94. The van der Waals surface area contributed by atoms with E-state index in [-0.39, 0.29) is 11.8 Å². The highest BCUT2D eigenvalue weighted by Crippen LogP contribution is 2.24. The van der Waals surface area contributed by atoms with Crippen LogP contribution in [0.2, 0.25) is 0 Å². The minimum Gasteiger partial charge on any atom is -0.375 e. The molecule has 0 saturated heterocycles. The predicted molar refractivity (Wildman–Crippen MR) is 134 cm³/mol. The van der Waals surface area contributed by atoms with Gasteiger partial charge in [-0.2, -0.15) is 11.3 Å². The standard InChI is InChI=1S/C23H22N6O2S2/c1-25-20-16(21(30)27-12-14-5-6-17-19(11-14)33-23(24)28-17)4-3-8-29(20)18(22(31)26-2)10-15-7-9-32-13-15/h3-11,13H,12H2,1-2H3,(H2,24,28)(H,26,31)(H,27,30)/b18-10+,25-20?. The maximum Gasteiger partial charge on any atom is 0.268 e. The highest BCUT2D eigenvalue weighted by atomic mass is 32.1. The molecule has 0 radical (unpaired) electrons. The summed E-state index contributed by atoms with van der Waals surface area (Å²) in [6.45, 7) is 0.331. The lowest BCUT2D eigenvalue weighted by molar-refractivity contribution is -0.115. The number of fused-ring (bicyclic) bond motifs is 1. The van der Waals surface area contributed by atoms with Crippen LogP contribution in [0.1, 0.15) is 21.5 Å². The van der Waals surface area contributed by atoms with Crippen LogP contribution in [0, 0.1) is 0 Å². The molecule has 4 N–H and O–H groups in total. The van der Waals surface area contributed by atoms with Crippen LogP contribution in [0.3, 0.4) is 0 Å². The Morgan fingerprint density at radius 2 is 2.12 bits per heavy atom. The van der Waals surface area contributed by atoms with Crippen molar-refractivity contribution < 1.29 is 9.59 Å². The molecule has 10 heteroatoms. The molecule has 2 amide bonds. The van der Waals surface area contributed by atoms with Crippen LogP contribution in [0.15, 0.2) is 58.3 Å². The molecule has 0 atom stereocenters. The molecule has 3 aromatic heterocycles. The van der Waals surface area contributed by atoms with Gasteiger partial charge in [0.2, 0.25) is 0 Å². The van der Waals surface area contributed by atoms with Gasteiger partial charge in [0.05, 0.1) is 15.8 Å². The minimum atomic E-state index is -0.291. The maximum atomic E-state index is 13.1. The van der Waals surface area contributed by atoms with Crippen LogP contribution in [0.4, 0.5) is 5.13 Å². The summed E-state index contributed by atoms with van der Waals surface area (Å²) in [6, 6.07) is 11.1. The molecule has 0 bridgehead atoms. The first kappa shape index (κ1) is 22.4. The second-order valence-electron chi connectivity index (χ2n) is 7.04. The Morgan fingerprint density at radius 1 is 1.27 bits per heavy atom. The van der Waals surface area contributed by atoms with Gasteiger partial charge in [-0.1, -0.05) is 17.4 Å². The van der Waals surface area contributed by atoms with Crippen LogP contribution < -0.4 is 21.9 Å². The SMILES string of the molecule is CN=c1c(C(=O)NCc2ccc3nc(N)sc3c2)cccn1/C(=C/c1ccsc1)C(=O)NC. The Kier molecular flexibility index (Phi) is 6.66. The molecule has 0 aliphatic heterocycles. The first-order chi connectivity index (χ1) is 16.0. The largest absolute Gasteiger partial charge is 0.375 e. The number of pyridine rings is 1. The summed E-state index contributed by atoms with van der Waals surface area (Å²) < 4.78 is 2.59. The number of rotatable bonds is 6. The van der Waals surface area contributed by atoms with Gasteiger partial charge in [0.15, 0.2) is 5.13 Å². The van der Waals surface area contributed by atoms with Gasteiger partial charge in [-0.15, -0.1) is 0 Å². The van der Waals surface area contributed by atoms with E-state index in [2.05, 4.69) is 20.6 Å². The molecule has 0 aliphatic rings. The number of nitrogens with one attached hydrogen (secondary N) is 2. The molecule has 3 heterocycles. The van der Waals surface area contributed by atoms with Crippen molar-refractivity contribution in [2.45, 2.75) is 6.54 Å². The zero-order chi connectivity index (χ0) is 23.4. The molecule has 4 aromatic rings. The van der Waals surface area contributed by atoms with Crippen LogP contribution in [0.5, 0.6) is 0 Å². The smallest absolute Gasteiger partial charge is 0.268 e. The molecule has 4 rings (SSSR count). The van der Waals surface area contributed by atoms with Gasteiger partial charge in [-0.3, -0.25) is 19.1 Å². The summed E-state index contributed by atoms with van der Waals surface area (Å²) in [7, 11) is 3.16. The van der Waals surface area contributed by atoms with E-state index in [9.17, 15) is 9.59 Å². The lowest BCUT2D eigenvalue weighted by atomic mass is 10.2. The third kappa shape index (κ3) is 4.86. The van der Waals surface area contributed by atoms with Crippen molar-refractivity contribution in [1.82, 2.24) is 20.2 Å². The second kappa shape index (κ2) is 9.80. The summed E-state index contributed by atoms with van der Waals surface area (Å²) in [5.41, 5.74) is 9.54. The summed E-state index contributed by atoms with van der Waals surface area (Å²) in [5.74, 6) is -0.577. The van der Waals surface area contributed by atoms with Crippen molar-refractivity contribution in [2.75, 3.05) is 19.8 Å². The zero-order valence-electron chi connectivity index (χ0n) is 18.0. The van der Waals surface area contributed by atoms with Crippen molar-refractivity contribution in [2.24, 2.45) is 4.99 Å². The van der Waals surface area contributed by atoms with Crippen LogP contribution in [-0.4, -0.2) is 35.5 Å². The minimum absolute atomic E-state index is 0.286. The van der Waals surface area contributed by atoms with E-state index in [4.69, 9.17) is 5.73 Å². The zero-order valence-corrected chi connectivity index (χ0v) is 19.7. The number of carbonyl (C=O) groups excluding carboxylic acids is 2. The van der Waals surface area contributed by atoms with E-state index >= 15 is 0 Å². The fraction of sp³-hybridized carbons (Fsp3) is 0.130. The van der Waals surface area contributed by atoms with Gasteiger partial charge >= 0.3 is 0 Å². The normalized spacial score (nSPS) is 12.2. The van der Waals surface area contributed by atoms with Crippen molar-refractivity contribution in [1.29, 1.82) is 0 Å². The van der Waals surface area contributed by atoms with Gasteiger partial charge < -0.3 is 16.4 Å². The predicted octanol–water partition coefficient (Wildman–Crippen LogP) is 2.95. The number of aromatic nitrogens is 2. The van der Waals surface area contributed by atoms with E-state index in [1.807, 2.05) is 35.0 Å². The molecule has 1 aromatic carbocycles. The number of nitrogens with two attached hydrogens (primary N) is 1. The highest BCUT2D eigenvalue weighted by Gasteiger charge is 2.16. The molecule has 0 aliphatic carbocycles. The van der Waals surface area contributed by atoms with E-state index in [0.717, 1.165) is 21.3 Å². The number of amides is 2. The Morgan fingerprint density at radius 3 is 2.85 bits per heavy atom. The van der Waals surface area contributed by atoms with E-state index < -0.39 is 0 Å². The number of nitrogen functional groups attached to an aromatic ring is 1. The average Bonchev–Trinajstić information content (AvgIpc) is 3.48. The Balaban J connectivity index is 1.64. The van der Waals surface area contributed by atoms with Crippen LogP contribution in [-0.2, 0) is 11.3 Å². The van der Waals surface area contributed by atoms with E-state index in [0.29, 0.717) is 28.4 Å². The molecular weight excluding hydrogens is 456 g/mol. The number of thiophene rings is 1. The summed E-state index contributed by atoms with van der Waals surface area (Å²) in [4.78, 5) is 34.3. The fourth-order valence-electron chi connectivity index (χ4n) is 3.36. The number of thiazole rings is 1. The third-order valence-electron chi connectivity index (χ3n) is 4.91. The molecule has 33 heavy (non-hydrogen) atoms. The Bertz CT molecular complexity index is 1420. The number of carbonyl (C=O) groups is 2. The molecule has 0 fully saturated rings. The quantitative estimate of drug-likeness (QED) is 0.370. The molecule has 0 saturated carbocycles. The topological polar surface area (TPSA) is 114 Å². The number of benzene rings is 1. The van der Waals surface area contributed by atoms with Gasteiger partial charge in [0.25, 0.3) is 11.8 Å². The van der Waals surface area contributed by atoms with Crippen LogP contribution >= 0.6 is 22.7 Å². The lowest BCUT2D eigenvalue weighted by Crippen LogP contribution is -2.35. The molecule has 0 unspecified atom stereocenters. The average molecular weight is 479 g/mol. The molecule has 0 spiro atoms. The first-order valence-corrected chi connectivity index (χ1v) is 11.8. The first-order valence-electron chi connectivity index (χ1n) is 10.0. The number of hydrogen-bond acceptors (Lipinski definition) is 7. The van der Waals surface area contributed by atoms with Crippen molar-refractivity contribution >= 4 is 61.6 Å². The van der Waals surface area contributed by atoms with Gasteiger partial charge in [-0.05, 0) is 58.3 Å². The van der Waals surface area contributed by atoms with Gasteiger partial charge in [0.1, 0.15) is 11.2 Å². The highest BCUT2D eigenvalue weighted by molar-refractivity contribution is 7.22. The maximum absolute atomic E-state index is 13.1. The molecule has 8 nitrogen and oxygen atoms in total. The Labute approximate surface area is 198 Å². The summed E-state index contributed by atoms with van der Waals surface area (Å²) in [5, 5.41) is 9.98. The van der Waals surface area contributed by atoms with Gasteiger partial charge in [-0.25, -0.2) is 4.98 Å². The van der Waals surface area contributed by atoms with Crippen molar-refractivity contribution in [3.8, 4) is 0 Å². The third-order valence-corrected chi connectivity index (χ3v) is 6.46. The summed E-state index contributed by atoms with van der Waals surface area (Å²) in [6.07, 6.45) is 3.48.